The van der Waals surface area contributed by atoms with Gasteiger partial charge >= 0.3 is 0 Å². The van der Waals surface area contributed by atoms with E-state index in [1.54, 1.807) is 20.1 Å². The van der Waals surface area contributed by atoms with E-state index < -0.39 is 0 Å². The van der Waals surface area contributed by atoms with Crippen LogP contribution in [0.2, 0.25) is 0 Å². The predicted molar refractivity (Wildman–Crippen MR) is 102 cm³/mol. The zero-order valence-electron chi connectivity index (χ0n) is 15.4. The van der Waals surface area contributed by atoms with Gasteiger partial charge in [0, 0.05) is 31.7 Å². The second-order valence-electron chi connectivity index (χ2n) is 6.40. The number of benzene rings is 2. The number of rotatable bonds is 7. The van der Waals surface area contributed by atoms with Gasteiger partial charge in [-0.3, -0.25) is 9.69 Å². The first kappa shape index (κ1) is 18.4. The molecule has 2 aromatic rings. The second-order valence-corrected chi connectivity index (χ2v) is 6.40. The minimum atomic E-state index is 0.0228. The molecule has 0 spiro atoms. The van der Waals surface area contributed by atoms with Crippen LogP contribution in [0.4, 0.5) is 0 Å². The molecule has 26 heavy (non-hydrogen) atoms. The van der Waals surface area contributed by atoms with Crippen LogP contribution < -0.4 is 14.8 Å². The number of Topliss-reactive ketones (excluding diaryl/α,β-unsaturated/α-hetero) is 1. The molecule has 5 heteroatoms. The van der Waals surface area contributed by atoms with Gasteiger partial charge in [-0.2, -0.15) is 0 Å². The van der Waals surface area contributed by atoms with Crippen molar-refractivity contribution >= 4 is 5.78 Å². The molecule has 5 nitrogen and oxygen atoms in total. The van der Waals surface area contributed by atoms with E-state index in [0.29, 0.717) is 17.9 Å². The molecule has 1 unspecified atom stereocenters. The van der Waals surface area contributed by atoms with Crippen LogP contribution in [0.25, 0.3) is 0 Å². The molecule has 1 aliphatic rings. The minimum absolute atomic E-state index is 0.0228. The number of carbonyl (C=O) groups is 1. The Morgan fingerprint density at radius 2 is 1.88 bits per heavy atom. The Labute approximate surface area is 154 Å². The van der Waals surface area contributed by atoms with E-state index in [0.717, 1.165) is 31.9 Å². The van der Waals surface area contributed by atoms with Crippen molar-refractivity contribution in [1.29, 1.82) is 0 Å². The molecule has 0 radical (unpaired) electrons. The highest BCUT2D eigenvalue weighted by Crippen LogP contribution is 2.30. The third kappa shape index (κ3) is 4.23. The number of methoxy groups -OCH3 is 1. The van der Waals surface area contributed by atoms with Crippen LogP contribution in [-0.4, -0.2) is 50.6 Å². The average molecular weight is 354 g/mol. The average Bonchev–Trinajstić information content (AvgIpc) is 2.68. The van der Waals surface area contributed by atoms with Gasteiger partial charge < -0.3 is 14.8 Å². The topological polar surface area (TPSA) is 50.8 Å². The third-order valence-corrected chi connectivity index (χ3v) is 4.75. The Balaban J connectivity index is 1.67. The van der Waals surface area contributed by atoms with Gasteiger partial charge in [0.25, 0.3) is 0 Å². The first-order valence-electron chi connectivity index (χ1n) is 9.01. The number of hydrogen-bond donors (Lipinski definition) is 1. The van der Waals surface area contributed by atoms with Gasteiger partial charge in [-0.05, 0) is 25.1 Å². The van der Waals surface area contributed by atoms with Gasteiger partial charge in [-0.15, -0.1) is 0 Å². The molecule has 0 aromatic heterocycles. The monoisotopic (exact) mass is 354 g/mol. The van der Waals surface area contributed by atoms with Gasteiger partial charge in [0.1, 0.15) is 18.1 Å². The second kappa shape index (κ2) is 8.83. The van der Waals surface area contributed by atoms with E-state index >= 15 is 0 Å². The van der Waals surface area contributed by atoms with Gasteiger partial charge in [-0.1, -0.05) is 30.3 Å². The normalized spacial score (nSPS) is 17.7. The molecular weight excluding hydrogens is 328 g/mol. The summed E-state index contributed by atoms with van der Waals surface area (Å²) in [6, 6.07) is 15.8. The minimum Gasteiger partial charge on any atom is -0.496 e. The summed E-state index contributed by atoms with van der Waals surface area (Å²) in [5.74, 6) is 1.59. The van der Waals surface area contributed by atoms with E-state index in [4.69, 9.17) is 9.47 Å². The van der Waals surface area contributed by atoms with Crippen molar-refractivity contribution in [2.75, 3.05) is 39.9 Å². The predicted octanol–water partition coefficient (Wildman–Crippen LogP) is 2.92. The lowest BCUT2D eigenvalue weighted by atomic mass is 10.0. The van der Waals surface area contributed by atoms with Crippen molar-refractivity contribution in [3.05, 3.63) is 59.7 Å². The first-order valence-corrected chi connectivity index (χ1v) is 9.01. The van der Waals surface area contributed by atoms with Gasteiger partial charge in [-0.25, -0.2) is 0 Å². The molecular formula is C21H26N2O3. The number of nitrogens with zero attached hydrogens (tertiary/aromatic N) is 1. The fraction of sp³-hybridized carbons (Fsp3) is 0.381. The molecule has 1 saturated heterocycles. The molecule has 1 N–H and O–H groups in total. The molecule has 3 rings (SSSR count). The number of carbonyl (C=O) groups excluding carboxylic acids is 1. The molecule has 1 fully saturated rings. The standard InChI is InChI=1S/C21H26N2O3/c1-16(24)17-7-3-6-10-21(17)26-14-13-23-12-11-22-15-19(23)18-8-4-5-9-20(18)25-2/h3-10,19,22H,11-15H2,1-2H3. The summed E-state index contributed by atoms with van der Waals surface area (Å²) < 4.78 is 11.5. The zero-order valence-corrected chi connectivity index (χ0v) is 15.4. The van der Waals surface area contributed by atoms with Crippen LogP contribution in [0.3, 0.4) is 0 Å². The molecule has 0 bridgehead atoms. The largest absolute Gasteiger partial charge is 0.496 e. The summed E-state index contributed by atoms with van der Waals surface area (Å²) in [6.07, 6.45) is 0. The van der Waals surface area contributed by atoms with E-state index in [1.165, 1.54) is 5.56 Å². The highest BCUT2D eigenvalue weighted by Gasteiger charge is 2.26. The maximum Gasteiger partial charge on any atom is 0.163 e. The lowest BCUT2D eigenvalue weighted by Gasteiger charge is -2.37. The third-order valence-electron chi connectivity index (χ3n) is 4.75. The number of ketones is 1. The SMILES string of the molecule is COc1ccccc1C1CNCCN1CCOc1ccccc1C(C)=O. The quantitative estimate of drug-likeness (QED) is 0.775. The Morgan fingerprint density at radius 1 is 1.15 bits per heavy atom. The molecule has 1 aliphatic heterocycles. The summed E-state index contributed by atoms with van der Waals surface area (Å²) >= 11 is 0. The number of para-hydroxylation sites is 2. The van der Waals surface area contributed by atoms with E-state index in [9.17, 15) is 4.79 Å². The van der Waals surface area contributed by atoms with Crippen LogP contribution in [0.15, 0.2) is 48.5 Å². The van der Waals surface area contributed by atoms with E-state index in [2.05, 4.69) is 16.3 Å². The van der Waals surface area contributed by atoms with Gasteiger partial charge in [0.15, 0.2) is 5.78 Å². The maximum absolute atomic E-state index is 11.7. The Kier molecular flexibility index (Phi) is 6.26. The Hall–Kier alpha value is -2.37. The van der Waals surface area contributed by atoms with Crippen molar-refractivity contribution in [1.82, 2.24) is 10.2 Å². The molecule has 1 heterocycles. The van der Waals surface area contributed by atoms with Crippen molar-refractivity contribution in [3.8, 4) is 11.5 Å². The van der Waals surface area contributed by atoms with Crippen molar-refractivity contribution in [2.45, 2.75) is 13.0 Å². The molecule has 1 atom stereocenters. The summed E-state index contributed by atoms with van der Waals surface area (Å²) in [7, 11) is 1.71. The maximum atomic E-state index is 11.7. The summed E-state index contributed by atoms with van der Waals surface area (Å²) in [5, 5.41) is 3.46. The zero-order chi connectivity index (χ0) is 18.4. The van der Waals surface area contributed by atoms with E-state index in [1.807, 2.05) is 36.4 Å². The number of nitrogens with one attached hydrogen (secondary N) is 1. The number of hydrogen-bond acceptors (Lipinski definition) is 5. The van der Waals surface area contributed by atoms with Crippen LogP contribution >= 0.6 is 0 Å². The summed E-state index contributed by atoms with van der Waals surface area (Å²) in [6.45, 7) is 5.67. The van der Waals surface area contributed by atoms with Crippen molar-refractivity contribution in [3.63, 3.8) is 0 Å². The Bertz CT molecular complexity index is 748. The summed E-state index contributed by atoms with van der Waals surface area (Å²) in [4.78, 5) is 14.1. The van der Waals surface area contributed by atoms with Crippen molar-refractivity contribution < 1.29 is 14.3 Å². The van der Waals surface area contributed by atoms with Crippen LogP contribution in [0, 0.1) is 0 Å². The summed E-state index contributed by atoms with van der Waals surface area (Å²) in [5.41, 5.74) is 1.82. The molecule has 138 valence electrons. The Morgan fingerprint density at radius 3 is 2.65 bits per heavy atom. The van der Waals surface area contributed by atoms with Crippen LogP contribution in [0.1, 0.15) is 28.9 Å². The molecule has 0 aliphatic carbocycles. The van der Waals surface area contributed by atoms with Crippen LogP contribution in [-0.2, 0) is 0 Å². The van der Waals surface area contributed by atoms with Crippen LogP contribution in [0.5, 0.6) is 11.5 Å². The van der Waals surface area contributed by atoms with Gasteiger partial charge in [0.2, 0.25) is 0 Å². The lowest BCUT2D eigenvalue weighted by Crippen LogP contribution is -2.47. The smallest absolute Gasteiger partial charge is 0.163 e. The molecule has 0 amide bonds. The highest BCUT2D eigenvalue weighted by atomic mass is 16.5. The fourth-order valence-electron chi connectivity index (χ4n) is 3.42. The lowest BCUT2D eigenvalue weighted by molar-refractivity contribution is 0.101. The highest BCUT2D eigenvalue weighted by molar-refractivity contribution is 5.96. The van der Waals surface area contributed by atoms with Gasteiger partial charge in [0.05, 0.1) is 18.7 Å². The number of ether oxygens (including phenoxy) is 2. The van der Waals surface area contributed by atoms with Crippen molar-refractivity contribution in [2.24, 2.45) is 0 Å². The molecule has 0 saturated carbocycles. The first-order chi connectivity index (χ1) is 12.7. The number of piperazine rings is 1. The molecule has 2 aromatic carbocycles. The van der Waals surface area contributed by atoms with E-state index in [-0.39, 0.29) is 11.8 Å². The fourth-order valence-corrected chi connectivity index (χ4v) is 3.42.